The summed E-state index contributed by atoms with van der Waals surface area (Å²) in [6.45, 7) is 1.81. The van der Waals surface area contributed by atoms with E-state index in [1.54, 1.807) is 0 Å². The van der Waals surface area contributed by atoms with Crippen LogP contribution in [0.1, 0.15) is 32.6 Å². The lowest BCUT2D eigenvalue weighted by Crippen LogP contribution is -2.27. The molecule has 0 heterocycles. The van der Waals surface area contributed by atoms with Crippen molar-refractivity contribution in [1.82, 2.24) is 0 Å². The second kappa shape index (κ2) is 1.55. The number of hydrogen-bond donors (Lipinski definition) is 0. The Balaban J connectivity index is 2.08. The Hall–Kier alpha value is -0.330. The number of Topliss-reactive ketones (excluding diaryl/α,β-unsaturated/α-hetero) is 1. The Kier molecular flexibility index (Phi) is 0.875. The van der Waals surface area contributed by atoms with Gasteiger partial charge in [-0.2, -0.15) is 0 Å². The van der Waals surface area contributed by atoms with Crippen molar-refractivity contribution in [3.05, 3.63) is 0 Å². The van der Waals surface area contributed by atoms with Crippen LogP contribution in [0.4, 0.5) is 0 Å². The molecular formula is C10H14O. The predicted molar refractivity (Wildman–Crippen MR) is 42.1 cm³/mol. The van der Waals surface area contributed by atoms with E-state index in [9.17, 15) is 4.79 Å². The molecule has 4 bridgehead atoms. The van der Waals surface area contributed by atoms with Crippen molar-refractivity contribution in [2.45, 2.75) is 32.6 Å². The molecule has 2 atom stereocenters. The van der Waals surface area contributed by atoms with Crippen LogP contribution >= 0.6 is 0 Å². The summed E-state index contributed by atoms with van der Waals surface area (Å²) >= 11 is 0. The lowest BCUT2D eigenvalue weighted by molar-refractivity contribution is -0.127. The molecular weight excluding hydrogens is 136 g/mol. The van der Waals surface area contributed by atoms with Gasteiger partial charge in [-0.3, -0.25) is 4.79 Å². The molecule has 0 aromatic rings. The first kappa shape index (κ1) is 6.22. The van der Waals surface area contributed by atoms with Crippen LogP contribution in [-0.4, -0.2) is 5.78 Å². The monoisotopic (exact) mass is 150 g/mol. The SMILES string of the molecule is CC(=O)C12CC3CC1CC3C2. The van der Waals surface area contributed by atoms with Gasteiger partial charge in [0.2, 0.25) is 0 Å². The van der Waals surface area contributed by atoms with E-state index in [4.69, 9.17) is 0 Å². The van der Waals surface area contributed by atoms with Crippen LogP contribution in [-0.2, 0) is 4.79 Å². The van der Waals surface area contributed by atoms with Gasteiger partial charge in [0.15, 0.2) is 0 Å². The van der Waals surface area contributed by atoms with Crippen molar-refractivity contribution in [2.24, 2.45) is 23.2 Å². The standard InChI is InChI=1S/C10H14O/c1-6(11)10-4-7-2-9(10)3-8(7)5-10/h7-9H,2-5H2,1H3. The summed E-state index contributed by atoms with van der Waals surface area (Å²) in [7, 11) is 0. The Morgan fingerprint density at radius 3 is 2.00 bits per heavy atom. The first-order valence-corrected chi connectivity index (χ1v) is 4.73. The van der Waals surface area contributed by atoms with Gasteiger partial charge in [0.05, 0.1) is 0 Å². The molecule has 60 valence electrons. The molecule has 0 saturated heterocycles. The number of rotatable bonds is 1. The van der Waals surface area contributed by atoms with Gasteiger partial charge in [0, 0.05) is 5.41 Å². The van der Waals surface area contributed by atoms with Gasteiger partial charge in [-0.1, -0.05) is 0 Å². The number of carbonyl (C=O) groups is 1. The molecule has 0 aliphatic heterocycles. The topological polar surface area (TPSA) is 17.1 Å². The largest absolute Gasteiger partial charge is 0.299 e. The maximum atomic E-state index is 11.5. The molecule has 4 fully saturated rings. The first-order chi connectivity index (χ1) is 5.22. The smallest absolute Gasteiger partial charge is 0.136 e. The number of ketones is 1. The van der Waals surface area contributed by atoms with E-state index < -0.39 is 0 Å². The average molecular weight is 150 g/mol. The minimum absolute atomic E-state index is 0.204. The molecule has 4 aliphatic rings. The third-order valence-corrected chi connectivity index (χ3v) is 4.58. The minimum atomic E-state index is 0.204. The van der Waals surface area contributed by atoms with Crippen LogP contribution < -0.4 is 0 Å². The highest BCUT2D eigenvalue weighted by Crippen LogP contribution is 2.70. The maximum absolute atomic E-state index is 11.5. The van der Waals surface area contributed by atoms with Crippen LogP contribution in [0.15, 0.2) is 0 Å². The number of carbonyl (C=O) groups excluding carboxylic acids is 1. The summed E-state index contributed by atoms with van der Waals surface area (Å²) in [6, 6.07) is 0. The fourth-order valence-electron chi connectivity index (χ4n) is 4.09. The van der Waals surface area contributed by atoms with Crippen LogP contribution in [0, 0.1) is 23.2 Å². The van der Waals surface area contributed by atoms with Gasteiger partial charge in [-0.15, -0.1) is 0 Å². The third-order valence-electron chi connectivity index (χ3n) is 4.58. The van der Waals surface area contributed by atoms with E-state index in [-0.39, 0.29) is 5.41 Å². The van der Waals surface area contributed by atoms with Gasteiger partial charge in [-0.05, 0) is 50.4 Å². The molecule has 1 nitrogen and oxygen atoms in total. The fraction of sp³-hybridized carbons (Fsp3) is 0.900. The van der Waals surface area contributed by atoms with Gasteiger partial charge >= 0.3 is 0 Å². The van der Waals surface area contributed by atoms with Crippen molar-refractivity contribution in [2.75, 3.05) is 0 Å². The highest BCUT2D eigenvalue weighted by Gasteiger charge is 2.64. The molecule has 0 aromatic heterocycles. The molecule has 0 radical (unpaired) electrons. The minimum Gasteiger partial charge on any atom is -0.299 e. The maximum Gasteiger partial charge on any atom is 0.136 e. The molecule has 11 heavy (non-hydrogen) atoms. The second-order valence-electron chi connectivity index (χ2n) is 4.81. The Morgan fingerprint density at radius 2 is 1.82 bits per heavy atom. The van der Waals surface area contributed by atoms with E-state index in [2.05, 4.69) is 0 Å². The Labute approximate surface area is 67.2 Å². The molecule has 0 amide bonds. The zero-order valence-electron chi connectivity index (χ0n) is 6.97. The highest BCUT2D eigenvalue weighted by atomic mass is 16.1. The van der Waals surface area contributed by atoms with Crippen molar-refractivity contribution in [3.8, 4) is 0 Å². The van der Waals surface area contributed by atoms with E-state index in [1.807, 2.05) is 6.92 Å². The van der Waals surface area contributed by atoms with E-state index in [1.165, 1.54) is 25.7 Å². The summed E-state index contributed by atoms with van der Waals surface area (Å²) in [5.74, 6) is 3.19. The molecule has 0 N–H and O–H groups in total. The zero-order chi connectivity index (χ0) is 7.64. The van der Waals surface area contributed by atoms with Crippen molar-refractivity contribution in [1.29, 1.82) is 0 Å². The van der Waals surface area contributed by atoms with Gasteiger partial charge < -0.3 is 0 Å². The molecule has 2 unspecified atom stereocenters. The van der Waals surface area contributed by atoms with E-state index in [0.717, 1.165) is 17.8 Å². The second-order valence-corrected chi connectivity index (χ2v) is 4.81. The van der Waals surface area contributed by atoms with Crippen LogP contribution in [0.3, 0.4) is 0 Å². The summed E-state index contributed by atoms with van der Waals surface area (Å²) in [4.78, 5) is 11.5. The summed E-state index contributed by atoms with van der Waals surface area (Å²) < 4.78 is 0. The van der Waals surface area contributed by atoms with Gasteiger partial charge in [0.25, 0.3) is 0 Å². The summed E-state index contributed by atoms with van der Waals surface area (Å²) in [6.07, 6.45) is 5.25. The first-order valence-electron chi connectivity index (χ1n) is 4.73. The summed E-state index contributed by atoms with van der Waals surface area (Å²) in [5, 5.41) is 0. The quantitative estimate of drug-likeness (QED) is 0.559. The summed E-state index contributed by atoms with van der Waals surface area (Å²) in [5.41, 5.74) is 0.204. The van der Waals surface area contributed by atoms with E-state index >= 15 is 0 Å². The van der Waals surface area contributed by atoms with Crippen molar-refractivity contribution < 1.29 is 4.79 Å². The lowest BCUT2D eigenvalue weighted by Gasteiger charge is -2.24. The fourth-order valence-corrected chi connectivity index (χ4v) is 4.09. The highest BCUT2D eigenvalue weighted by molar-refractivity contribution is 5.84. The molecule has 4 aliphatic carbocycles. The molecule has 4 rings (SSSR count). The molecule has 1 heteroatoms. The molecule has 0 spiro atoms. The normalized spacial score (nSPS) is 57.7. The van der Waals surface area contributed by atoms with Crippen molar-refractivity contribution in [3.63, 3.8) is 0 Å². The van der Waals surface area contributed by atoms with Crippen LogP contribution in [0.2, 0.25) is 0 Å². The molecule has 4 saturated carbocycles. The Bertz CT molecular complexity index is 217. The van der Waals surface area contributed by atoms with Crippen LogP contribution in [0.25, 0.3) is 0 Å². The van der Waals surface area contributed by atoms with E-state index in [0.29, 0.717) is 5.78 Å². The third kappa shape index (κ3) is 0.502. The van der Waals surface area contributed by atoms with Crippen LogP contribution in [0.5, 0.6) is 0 Å². The van der Waals surface area contributed by atoms with Crippen molar-refractivity contribution >= 4 is 5.78 Å². The van der Waals surface area contributed by atoms with Gasteiger partial charge in [-0.25, -0.2) is 0 Å². The number of hydrogen-bond acceptors (Lipinski definition) is 1. The zero-order valence-corrected chi connectivity index (χ0v) is 6.97. The molecule has 0 aromatic carbocycles. The average Bonchev–Trinajstić information content (AvgIpc) is 2.50. The Morgan fingerprint density at radius 1 is 1.27 bits per heavy atom. The predicted octanol–water partition coefficient (Wildman–Crippen LogP) is 2.01. The lowest BCUT2D eigenvalue weighted by atomic mass is 9.78. The van der Waals surface area contributed by atoms with Gasteiger partial charge in [0.1, 0.15) is 5.78 Å².